The minimum absolute atomic E-state index is 0.192. The molecule has 0 aliphatic heterocycles. The van der Waals surface area contributed by atoms with Crippen LogP contribution in [0.1, 0.15) is 46.5 Å². The molecule has 0 fully saturated rings. The van der Waals surface area contributed by atoms with Crippen LogP contribution < -0.4 is 5.32 Å². The summed E-state index contributed by atoms with van der Waals surface area (Å²) in [7, 11) is 0. The van der Waals surface area contributed by atoms with E-state index in [-0.39, 0.29) is 5.91 Å². The highest BCUT2D eigenvalue weighted by Gasteiger charge is 2.29. The third-order valence-electron chi connectivity index (χ3n) is 4.62. The van der Waals surface area contributed by atoms with Gasteiger partial charge in [0.2, 0.25) is 5.89 Å². The van der Waals surface area contributed by atoms with Crippen molar-refractivity contribution < 1.29 is 9.32 Å². The van der Waals surface area contributed by atoms with Gasteiger partial charge in [-0.05, 0) is 38.5 Å². The average molecular weight is 430 g/mol. The van der Waals surface area contributed by atoms with Crippen molar-refractivity contribution in [2.75, 3.05) is 0 Å². The Kier molecular flexibility index (Phi) is 4.92. The highest BCUT2D eigenvalue weighted by atomic mass is 35.5. The first kappa shape index (κ1) is 19.6. The van der Waals surface area contributed by atoms with Crippen molar-refractivity contribution >= 4 is 39.1 Å². The lowest BCUT2D eigenvalue weighted by Crippen LogP contribution is -2.41. The van der Waals surface area contributed by atoms with Gasteiger partial charge in [-0.3, -0.25) is 9.48 Å². The van der Waals surface area contributed by atoms with Gasteiger partial charge < -0.3 is 9.84 Å². The molecule has 4 rings (SSSR count). The summed E-state index contributed by atoms with van der Waals surface area (Å²) in [6.45, 7) is 7.87. The van der Waals surface area contributed by atoms with Crippen LogP contribution in [-0.2, 0) is 12.1 Å². The molecule has 3 aromatic heterocycles. The predicted molar refractivity (Wildman–Crippen MR) is 112 cm³/mol. The quantitative estimate of drug-likeness (QED) is 0.506. The molecule has 0 saturated carbocycles. The molecule has 1 amide bonds. The molecular formula is C20H20ClN5O2S. The zero-order chi connectivity index (χ0) is 20.8. The van der Waals surface area contributed by atoms with E-state index in [0.29, 0.717) is 28.2 Å². The van der Waals surface area contributed by atoms with Crippen molar-refractivity contribution in [2.45, 2.75) is 39.8 Å². The first-order valence-corrected chi connectivity index (χ1v) is 10.3. The minimum Gasteiger partial charge on any atom is -0.340 e. The van der Waals surface area contributed by atoms with E-state index in [2.05, 4.69) is 20.6 Å². The third-order valence-corrected chi connectivity index (χ3v) is 6.14. The number of carbonyl (C=O) groups is 1. The zero-order valence-electron chi connectivity index (χ0n) is 16.5. The predicted octanol–water partition coefficient (Wildman–Crippen LogP) is 4.46. The molecule has 0 aliphatic carbocycles. The van der Waals surface area contributed by atoms with Crippen molar-refractivity contribution in [2.24, 2.45) is 0 Å². The second kappa shape index (κ2) is 7.27. The summed E-state index contributed by atoms with van der Waals surface area (Å²) in [5.41, 5.74) is 1.09. The monoisotopic (exact) mass is 429 g/mol. The smallest absolute Gasteiger partial charge is 0.262 e. The van der Waals surface area contributed by atoms with Crippen LogP contribution in [0.3, 0.4) is 0 Å². The first-order valence-electron chi connectivity index (χ1n) is 9.08. The lowest BCUT2D eigenvalue weighted by atomic mass is 10.0. The number of halogens is 1. The summed E-state index contributed by atoms with van der Waals surface area (Å²) in [6, 6.07) is 9.56. The number of hydrogen-bond donors (Lipinski definition) is 1. The van der Waals surface area contributed by atoms with Crippen LogP contribution in [0.25, 0.3) is 10.2 Å². The van der Waals surface area contributed by atoms with E-state index in [1.165, 1.54) is 11.3 Å². The molecule has 0 atom stereocenters. The largest absolute Gasteiger partial charge is 0.340 e. The Morgan fingerprint density at radius 3 is 2.76 bits per heavy atom. The van der Waals surface area contributed by atoms with E-state index < -0.39 is 5.54 Å². The number of nitrogens with zero attached hydrogens (tertiary/aromatic N) is 4. The molecule has 3 heterocycles. The van der Waals surface area contributed by atoms with Crippen LogP contribution >= 0.6 is 22.9 Å². The lowest BCUT2D eigenvalue weighted by molar-refractivity contribution is 0.0911. The number of amides is 1. The Hall–Kier alpha value is -2.71. The van der Waals surface area contributed by atoms with Gasteiger partial charge in [-0.15, -0.1) is 11.3 Å². The third kappa shape index (κ3) is 3.77. The van der Waals surface area contributed by atoms with Crippen molar-refractivity contribution in [1.29, 1.82) is 0 Å². The second-order valence-electron chi connectivity index (χ2n) is 7.38. The first-order chi connectivity index (χ1) is 13.7. The van der Waals surface area contributed by atoms with Gasteiger partial charge in [-0.2, -0.15) is 10.1 Å². The van der Waals surface area contributed by atoms with Crippen LogP contribution in [0.2, 0.25) is 5.02 Å². The van der Waals surface area contributed by atoms with E-state index in [9.17, 15) is 4.79 Å². The SMILES string of the molecule is Cc1nc(C(C)(C)NC(=O)c2cc3c(C)nn(Cc4ccccc4Cl)c3s2)no1. The van der Waals surface area contributed by atoms with Gasteiger partial charge in [-0.25, -0.2) is 0 Å². The molecule has 0 unspecified atom stereocenters. The number of benzene rings is 1. The van der Waals surface area contributed by atoms with E-state index in [0.717, 1.165) is 21.5 Å². The number of hydrogen-bond acceptors (Lipinski definition) is 6. The maximum Gasteiger partial charge on any atom is 0.262 e. The molecule has 0 saturated heterocycles. The molecule has 4 aromatic rings. The number of nitrogens with one attached hydrogen (secondary N) is 1. The molecule has 9 heteroatoms. The van der Waals surface area contributed by atoms with Crippen molar-refractivity contribution in [1.82, 2.24) is 25.2 Å². The summed E-state index contributed by atoms with van der Waals surface area (Å²) in [5.74, 6) is 0.701. The Labute approximate surface area is 176 Å². The van der Waals surface area contributed by atoms with Gasteiger partial charge in [0, 0.05) is 17.3 Å². The molecule has 0 aliphatic rings. The lowest BCUT2D eigenvalue weighted by Gasteiger charge is -2.21. The molecule has 7 nitrogen and oxygen atoms in total. The normalized spacial score (nSPS) is 11.9. The van der Waals surface area contributed by atoms with Crippen molar-refractivity contribution in [3.63, 3.8) is 0 Å². The Balaban J connectivity index is 1.62. The fourth-order valence-corrected chi connectivity index (χ4v) is 4.33. The average Bonchev–Trinajstić information content (AvgIpc) is 3.35. The molecule has 0 radical (unpaired) electrons. The maximum atomic E-state index is 12.9. The van der Waals surface area contributed by atoms with Crippen LogP contribution in [0.5, 0.6) is 0 Å². The van der Waals surface area contributed by atoms with Crippen molar-refractivity contribution in [3.05, 3.63) is 63.2 Å². The Morgan fingerprint density at radius 2 is 2.07 bits per heavy atom. The Morgan fingerprint density at radius 1 is 1.31 bits per heavy atom. The summed E-state index contributed by atoms with van der Waals surface area (Å²) in [4.78, 5) is 18.7. The van der Waals surface area contributed by atoms with Gasteiger partial charge in [0.25, 0.3) is 5.91 Å². The van der Waals surface area contributed by atoms with Gasteiger partial charge in [0.1, 0.15) is 4.83 Å². The minimum atomic E-state index is -0.760. The molecule has 1 N–H and O–H groups in total. The standard InChI is InChI=1S/C20H20ClN5O2S/c1-11-14-9-16(17(27)23-20(3,4)19-22-12(2)28-25-19)29-18(14)26(24-11)10-13-7-5-6-8-15(13)21/h5-9H,10H2,1-4H3,(H,23,27). The van der Waals surface area contributed by atoms with Crippen molar-refractivity contribution in [3.8, 4) is 0 Å². The molecule has 1 aromatic carbocycles. The summed E-state index contributed by atoms with van der Waals surface area (Å²) < 4.78 is 6.93. The van der Waals surface area contributed by atoms with Gasteiger partial charge in [-0.1, -0.05) is 35.0 Å². The Bertz CT molecular complexity index is 1210. The molecule has 0 bridgehead atoms. The topological polar surface area (TPSA) is 85.8 Å². The summed E-state index contributed by atoms with van der Waals surface area (Å²) >= 11 is 7.70. The number of fused-ring (bicyclic) bond motifs is 1. The number of rotatable bonds is 5. The number of aromatic nitrogens is 4. The second-order valence-corrected chi connectivity index (χ2v) is 8.82. The van der Waals surface area contributed by atoms with E-state index in [1.54, 1.807) is 6.92 Å². The fraction of sp³-hybridized carbons (Fsp3) is 0.300. The van der Waals surface area contributed by atoms with E-state index >= 15 is 0 Å². The number of thiophene rings is 1. The summed E-state index contributed by atoms with van der Waals surface area (Å²) in [6.07, 6.45) is 0. The fourth-order valence-electron chi connectivity index (χ4n) is 3.07. The van der Waals surface area contributed by atoms with Crippen LogP contribution in [0.4, 0.5) is 0 Å². The van der Waals surface area contributed by atoms with Crippen LogP contribution in [-0.4, -0.2) is 25.8 Å². The number of carbonyl (C=O) groups excluding carboxylic acids is 1. The van der Waals surface area contributed by atoms with Gasteiger partial charge in [0.15, 0.2) is 5.82 Å². The molecule has 0 spiro atoms. The van der Waals surface area contributed by atoms with Crippen LogP contribution in [0.15, 0.2) is 34.9 Å². The highest BCUT2D eigenvalue weighted by molar-refractivity contribution is 7.20. The maximum absolute atomic E-state index is 12.9. The summed E-state index contributed by atoms with van der Waals surface area (Å²) in [5, 5.41) is 13.2. The van der Waals surface area contributed by atoms with Gasteiger partial charge >= 0.3 is 0 Å². The zero-order valence-corrected chi connectivity index (χ0v) is 18.1. The molecule has 150 valence electrons. The van der Waals surface area contributed by atoms with E-state index in [4.69, 9.17) is 16.1 Å². The molecular weight excluding hydrogens is 410 g/mol. The number of aryl methyl sites for hydroxylation is 2. The van der Waals surface area contributed by atoms with Gasteiger partial charge in [0.05, 0.1) is 22.7 Å². The van der Waals surface area contributed by atoms with Crippen LogP contribution in [0, 0.1) is 13.8 Å². The highest BCUT2D eigenvalue weighted by Crippen LogP contribution is 2.30. The molecule has 29 heavy (non-hydrogen) atoms. The van der Waals surface area contributed by atoms with E-state index in [1.807, 2.05) is 55.8 Å².